The number of nitrogens with one attached hydrogen (secondary N) is 1. The topological polar surface area (TPSA) is 58.6 Å². The third kappa shape index (κ3) is 8.52. The molecule has 2 aromatic rings. The summed E-state index contributed by atoms with van der Waals surface area (Å²) < 4.78 is 35.1. The molecule has 0 bridgehead atoms. The Kier molecular flexibility index (Phi) is 11.3. The Balaban J connectivity index is 2.25. The molecule has 1 N–H and O–H groups in total. The molecule has 2 aromatic carbocycles. The minimum absolute atomic E-state index is 0.177. The molecule has 0 heterocycles. The molecule has 0 atom stereocenters. The van der Waals surface area contributed by atoms with Crippen molar-refractivity contribution in [1.82, 2.24) is 9.62 Å². The summed E-state index contributed by atoms with van der Waals surface area (Å²) in [5.74, 6) is 0.830. The molecule has 2 rings (SSSR count). The highest BCUT2D eigenvalue weighted by atomic mass is 35.5. The molecule has 0 fully saturated rings. The van der Waals surface area contributed by atoms with Crippen molar-refractivity contribution in [2.75, 3.05) is 13.1 Å². The molecule has 0 saturated carbocycles. The smallest absolute Gasteiger partial charge is 0.246 e. The lowest BCUT2D eigenvalue weighted by molar-refractivity contribution is 0.396. The molecule has 0 saturated heterocycles. The Bertz CT molecular complexity index is 1070. The van der Waals surface area contributed by atoms with Gasteiger partial charge in [-0.2, -0.15) is 4.31 Å². The normalized spacial score (nSPS) is 11.8. The predicted molar refractivity (Wildman–Crippen MR) is 146 cm³/mol. The number of hydrogen-bond donors (Lipinski definition) is 1. The molecule has 188 valence electrons. The molecule has 8 heteroatoms. The fourth-order valence-corrected chi connectivity index (χ4v) is 6.02. The molecular weight excluding hydrogens is 488 g/mol. The summed E-state index contributed by atoms with van der Waals surface area (Å²) >= 11 is 11.6. The molecule has 5 nitrogen and oxygen atoms in total. The van der Waals surface area contributed by atoms with Crippen molar-refractivity contribution in [1.29, 1.82) is 0 Å². The minimum atomic E-state index is -3.76. The first-order valence-corrected chi connectivity index (χ1v) is 14.2. The largest absolute Gasteiger partial charge is 0.456 e. The van der Waals surface area contributed by atoms with E-state index in [9.17, 15) is 8.42 Å². The van der Waals surface area contributed by atoms with Crippen LogP contribution in [-0.2, 0) is 16.4 Å². The Morgan fingerprint density at radius 1 is 1.12 bits per heavy atom. The average Bonchev–Trinajstić information content (AvgIpc) is 2.76. The van der Waals surface area contributed by atoms with Crippen LogP contribution < -0.4 is 10.1 Å². The molecule has 0 radical (unpaired) electrons. The maximum atomic E-state index is 13.7. The number of benzene rings is 2. The molecule has 0 aromatic heterocycles. The number of nitrogens with zero attached hydrogens (tertiary/aromatic N) is 1. The Morgan fingerprint density at radius 3 is 2.50 bits per heavy atom. The van der Waals surface area contributed by atoms with Crippen LogP contribution in [0.15, 0.2) is 41.3 Å². The number of unbranched alkanes of at least 4 members (excludes halogenated alkanes) is 1. The predicted octanol–water partition coefficient (Wildman–Crippen LogP) is 6.90. The van der Waals surface area contributed by atoms with E-state index in [0.717, 1.165) is 48.2 Å². The maximum absolute atomic E-state index is 13.7. The minimum Gasteiger partial charge on any atom is -0.456 e. The van der Waals surface area contributed by atoms with E-state index >= 15 is 0 Å². The van der Waals surface area contributed by atoms with Gasteiger partial charge in [0.25, 0.3) is 0 Å². The van der Waals surface area contributed by atoms with E-state index < -0.39 is 10.0 Å². The fourth-order valence-electron chi connectivity index (χ4n) is 3.62. The van der Waals surface area contributed by atoms with E-state index in [1.807, 2.05) is 39.0 Å². The summed E-state index contributed by atoms with van der Waals surface area (Å²) in [6, 6.07) is 11.0. The molecule has 0 aliphatic carbocycles. The molecule has 0 aliphatic rings. The zero-order chi connectivity index (χ0) is 25.3. The van der Waals surface area contributed by atoms with Gasteiger partial charge in [0.2, 0.25) is 10.0 Å². The van der Waals surface area contributed by atoms with Crippen molar-refractivity contribution in [3.05, 3.63) is 52.5 Å². The van der Waals surface area contributed by atoms with Crippen molar-refractivity contribution in [2.24, 2.45) is 0 Å². The summed E-state index contributed by atoms with van der Waals surface area (Å²) in [5.41, 5.74) is 1.88. The van der Waals surface area contributed by atoms with Gasteiger partial charge in [-0.05, 0) is 94.3 Å². The number of aryl methyl sites for hydroxylation is 2. The Hall–Kier alpha value is -1.67. The van der Waals surface area contributed by atoms with Crippen molar-refractivity contribution in [3.63, 3.8) is 0 Å². The van der Waals surface area contributed by atoms with Crippen LogP contribution >= 0.6 is 23.8 Å². The summed E-state index contributed by atoms with van der Waals surface area (Å²) in [6.45, 7) is 10.9. The second-order valence-electron chi connectivity index (χ2n) is 8.78. The standard InChI is InChI=1S/C26H37ClN2O3S2/c1-6-13-29(14-9-8-10-26(33)28-19(3)4)34(30,31)25-15-20(5)11-12-24(25)32-23-17-21(7-2)16-22(27)18-23/h11-12,15-19H,6-10,13-14H2,1-5H3,(H,28,33). The highest BCUT2D eigenvalue weighted by Gasteiger charge is 2.27. The molecular formula is C26H37ClN2O3S2. The second-order valence-corrected chi connectivity index (χ2v) is 11.6. The molecule has 0 unspecified atom stereocenters. The van der Waals surface area contributed by atoms with E-state index in [1.54, 1.807) is 22.5 Å². The van der Waals surface area contributed by atoms with E-state index in [1.165, 1.54) is 0 Å². The fraction of sp³-hybridized carbons (Fsp3) is 0.500. The summed E-state index contributed by atoms with van der Waals surface area (Å²) in [5, 5.41) is 3.79. The number of sulfonamides is 1. The lowest BCUT2D eigenvalue weighted by Gasteiger charge is -2.23. The van der Waals surface area contributed by atoms with E-state index in [4.69, 9.17) is 28.6 Å². The van der Waals surface area contributed by atoms with Crippen LogP contribution in [0.4, 0.5) is 0 Å². The average molecular weight is 525 g/mol. The second kappa shape index (κ2) is 13.4. The van der Waals surface area contributed by atoms with Crippen molar-refractivity contribution in [3.8, 4) is 11.5 Å². The first kappa shape index (κ1) is 28.6. The zero-order valence-electron chi connectivity index (χ0n) is 20.9. The van der Waals surface area contributed by atoms with Crippen molar-refractivity contribution in [2.45, 2.75) is 77.7 Å². The van der Waals surface area contributed by atoms with Crippen LogP contribution in [0.5, 0.6) is 11.5 Å². The number of halogens is 1. The number of rotatable bonds is 13. The highest BCUT2D eigenvalue weighted by molar-refractivity contribution is 7.89. The quantitative estimate of drug-likeness (QED) is 0.228. The third-order valence-corrected chi connectivity index (χ3v) is 7.73. The number of thiocarbonyl (C=S) groups is 1. The molecule has 0 spiro atoms. The Labute approximate surface area is 215 Å². The maximum Gasteiger partial charge on any atom is 0.246 e. The molecule has 0 aliphatic heterocycles. The van der Waals surface area contributed by atoms with Crippen LogP contribution in [0.1, 0.15) is 64.5 Å². The first-order valence-electron chi connectivity index (χ1n) is 11.9. The van der Waals surface area contributed by atoms with Gasteiger partial charge in [-0.25, -0.2) is 8.42 Å². The van der Waals surface area contributed by atoms with Crippen molar-refractivity contribution >= 4 is 38.8 Å². The monoisotopic (exact) mass is 524 g/mol. The number of hydrogen-bond acceptors (Lipinski definition) is 4. The number of ether oxygens (including phenoxy) is 1. The van der Waals surface area contributed by atoms with Crippen LogP contribution in [0.3, 0.4) is 0 Å². The Morgan fingerprint density at radius 2 is 1.85 bits per heavy atom. The zero-order valence-corrected chi connectivity index (χ0v) is 23.2. The van der Waals surface area contributed by atoms with Gasteiger partial charge < -0.3 is 10.1 Å². The first-order chi connectivity index (χ1) is 16.1. The third-order valence-electron chi connectivity index (χ3n) is 5.27. The van der Waals surface area contributed by atoms with Gasteiger partial charge in [-0.15, -0.1) is 0 Å². The van der Waals surface area contributed by atoms with Gasteiger partial charge in [0.05, 0.1) is 4.99 Å². The van der Waals surface area contributed by atoms with Gasteiger partial charge in [-0.3, -0.25) is 0 Å². The van der Waals surface area contributed by atoms with Crippen LogP contribution in [-0.4, -0.2) is 36.8 Å². The van der Waals surface area contributed by atoms with Crippen molar-refractivity contribution < 1.29 is 13.2 Å². The lowest BCUT2D eigenvalue weighted by Crippen LogP contribution is -2.33. The van der Waals surface area contributed by atoms with Gasteiger partial charge in [0.15, 0.2) is 0 Å². The lowest BCUT2D eigenvalue weighted by atomic mass is 10.1. The van der Waals surface area contributed by atoms with Crippen LogP contribution in [0, 0.1) is 6.92 Å². The van der Waals surface area contributed by atoms with Gasteiger partial charge in [-0.1, -0.05) is 43.7 Å². The molecule has 34 heavy (non-hydrogen) atoms. The van der Waals surface area contributed by atoms with Crippen LogP contribution in [0.2, 0.25) is 5.02 Å². The van der Waals surface area contributed by atoms with Gasteiger partial charge in [0, 0.05) is 24.2 Å². The van der Waals surface area contributed by atoms with Crippen LogP contribution in [0.25, 0.3) is 0 Å². The summed E-state index contributed by atoms with van der Waals surface area (Å²) in [6.07, 6.45) is 3.84. The SMILES string of the molecule is CCCN(CCCCC(=S)NC(C)C)S(=O)(=O)c1cc(C)ccc1Oc1cc(Cl)cc(CC)c1. The van der Waals surface area contributed by atoms with Gasteiger partial charge in [0.1, 0.15) is 16.4 Å². The summed E-state index contributed by atoms with van der Waals surface area (Å²) in [7, 11) is -3.76. The highest BCUT2D eigenvalue weighted by Crippen LogP contribution is 2.33. The van der Waals surface area contributed by atoms with Gasteiger partial charge >= 0.3 is 0 Å². The van der Waals surface area contributed by atoms with E-state index in [-0.39, 0.29) is 4.90 Å². The van der Waals surface area contributed by atoms with E-state index in [2.05, 4.69) is 19.2 Å². The molecule has 0 amide bonds. The summed E-state index contributed by atoms with van der Waals surface area (Å²) in [4.78, 5) is 0.998. The van der Waals surface area contributed by atoms with E-state index in [0.29, 0.717) is 35.7 Å².